The van der Waals surface area contributed by atoms with E-state index < -0.39 is 66.1 Å². The van der Waals surface area contributed by atoms with E-state index in [-0.39, 0.29) is 44.3 Å². The fourth-order valence-electron chi connectivity index (χ4n) is 5.90. The van der Waals surface area contributed by atoms with Crippen LogP contribution in [0.5, 0.6) is 0 Å². The summed E-state index contributed by atoms with van der Waals surface area (Å²) < 4.78 is 135. The minimum absolute atomic E-state index is 0.131. The molecule has 2 amide bonds. The van der Waals surface area contributed by atoms with Crippen molar-refractivity contribution in [2.75, 3.05) is 10.6 Å². The summed E-state index contributed by atoms with van der Waals surface area (Å²) in [5, 5.41) is 20.8. The third-order valence-corrected chi connectivity index (χ3v) is 12.0. The van der Waals surface area contributed by atoms with Crippen LogP contribution in [-0.2, 0) is 40.5 Å². The highest BCUT2D eigenvalue weighted by Crippen LogP contribution is 2.39. The Hall–Kier alpha value is -6.05. The van der Waals surface area contributed by atoms with Crippen LogP contribution >= 0.6 is 0 Å². The lowest BCUT2D eigenvalue weighted by atomic mass is 10.1. The number of anilines is 2. The van der Waals surface area contributed by atoms with Crippen molar-refractivity contribution >= 4 is 102 Å². The van der Waals surface area contributed by atoms with Crippen LogP contribution in [0.3, 0.4) is 0 Å². The lowest BCUT2D eigenvalue weighted by Crippen LogP contribution is -2.19. The smallest absolute Gasteiger partial charge is 0.308 e. The average Bonchev–Trinajstić information content (AvgIpc) is 3.11. The molecule has 0 unspecified atom stereocenters. The SMILES string of the molecule is Cc1cc(NC(=O)Nc2ccc(N=Nc3ccc(S(=O)(=O)O)c4cccc(S(=O)(=O)O)c34)c(C)c2)ccc1N=Nc1ccc(S(=O)(=O)O)c2cccc(S(=O)(=O)O)c12. The number of aryl methyl sites for hydroxylation is 2. The summed E-state index contributed by atoms with van der Waals surface area (Å²) in [6.45, 7) is 3.29. The number of benzene rings is 6. The van der Waals surface area contributed by atoms with E-state index in [1.165, 1.54) is 48.5 Å². The molecule has 0 saturated heterocycles. The van der Waals surface area contributed by atoms with E-state index >= 15 is 0 Å². The van der Waals surface area contributed by atoms with Gasteiger partial charge in [0, 0.05) is 32.9 Å². The number of carbonyl (C=O) groups is 1. The van der Waals surface area contributed by atoms with E-state index in [4.69, 9.17) is 0 Å². The Morgan fingerprint density at radius 1 is 0.448 bits per heavy atom. The van der Waals surface area contributed by atoms with Gasteiger partial charge in [-0.15, -0.1) is 10.2 Å². The summed E-state index contributed by atoms with van der Waals surface area (Å²) in [7, 11) is -19.3. The standard InChI is InChI=1S/C35H28N6O13S4/c1-19-17-21(9-11-25(19)38-40-27-13-15-29(55(43,44)45)23-5-3-7-31(33(23)27)57(49,50)51)36-35(42)37-22-10-12-26(20(2)18-22)39-41-28-14-16-30(56(46,47)48)24-6-4-8-32(34(24)28)58(52,53)54/h3-18H,1-2H3,(H2,36,37,42)(H,43,44,45)(H,46,47,48)(H,49,50,51)(H,52,53,54). The van der Waals surface area contributed by atoms with Gasteiger partial charge in [-0.1, -0.05) is 24.3 Å². The van der Waals surface area contributed by atoms with Crippen molar-refractivity contribution in [1.82, 2.24) is 0 Å². The number of nitrogens with zero attached hydrogens (tertiary/aromatic N) is 4. The number of rotatable bonds is 10. The van der Waals surface area contributed by atoms with Gasteiger partial charge in [-0.3, -0.25) is 18.2 Å². The third kappa shape index (κ3) is 8.90. The van der Waals surface area contributed by atoms with Crippen molar-refractivity contribution < 1.29 is 56.7 Å². The number of urea groups is 1. The van der Waals surface area contributed by atoms with Gasteiger partial charge in [-0.2, -0.15) is 43.9 Å². The van der Waals surface area contributed by atoms with Gasteiger partial charge in [0.1, 0.15) is 19.6 Å². The predicted molar refractivity (Wildman–Crippen MR) is 211 cm³/mol. The van der Waals surface area contributed by atoms with Gasteiger partial charge in [-0.05, 0) is 97.8 Å². The molecule has 0 aliphatic carbocycles. The fraction of sp³-hybridized carbons (Fsp3) is 0.0571. The highest BCUT2D eigenvalue weighted by Gasteiger charge is 2.24. The Morgan fingerprint density at radius 3 is 1.10 bits per heavy atom. The number of hydrogen-bond donors (Lipinski definition) is 6. The topological polar surface area (TPSA) is 308 Å². The van der Waals surface area contributed by atoms with Crippen molar-refractivity contribution in [3.05, 3.63) is 108 Å². The predicted octanol–water partition coefficient (Wildman–Crippen LogP) is 8.07. The molecule has 0 aliphatic heterocycles. The van der Waals surface area contributed by atoms with Crippen LogP contribution in [-0.4, -0.2) is 57.9 Å². The van der Waals surface area contributed by atoms with Crippen molar-refractivity contribution in [3.8, 4) is 0 Å². The highest BCUT2D eigenvalue weighted by atomic mass is 32.2. The van der Waals surface area contributed by atoms with Crippen LogP contribution in [0, 0.1) is 13.8 Å². The second-order valence-corrected chi connectivity index (χ2v) is 18.0. The molecule has 300 valence electrons. The van der Waals surface area contributed by atoms with E-state index in [0.29, 0.717) is 22.5 Å². The number of nitrogens with one attached hydrogen (secondary N) is 2. The second kappa shape index (κ2) is 15.4. The molecule has 0 heterocycles. The van der Waals surface area contributed by atoms with Crippen LogP contribution in [0.15, 0.2) is 137 Å². The van der Waals surface area contributed by atoms with E-state index in [0.717, 1.165) is 36.4 Å². The Labute approximate surface area is 330 Å². The summed E-state index contributed by atoms with van der Waals surface area (Å²) in [5.74, 6) is 0. The quantitative estimate of drug-likeness (QED) is 0.0561. The lowest BCUT2D eigenvalue weighted by molar-refractivity contribution is 0.262. The lowest BCUT2D eigenvalue weighted by Gasteiger charge is -2.11. The first-order chi connectivity index (χ1) is 27.0. The molecule has 0 fully saturated rings. The molecule has 0 atom stereocenters. The zero-order chi connectivity index (χ0) is 42.4. The van der Waals surface area contributed by atoms with Gasteiger partial charge in [0.15, 0.2) is 0 Å². The first-order valence-electron chi connectivity index (χ1n) is 16.2. The van der Waals surface area contributed by atoms with E-state index in [1.54, 1.807) is 26.0 Å². The fourth-order valence-corrected chi connectivity index (χ4v) is 8.73. The molecule has 6 N–H and O–H groups in total. The Balaban J connectivity index is 1.19. The third-order valence-electron chi connectivity index (χ3n) is 8.43. The first kappa shape index (κ1) is 41.6. The van der Waals surface area contributed by atoms with Crippen molar-refractivity contribution in [2.45, 2.75) is 33.4 Å². The number of azo groups is 2. The van der Waals surface area contributed by atoms with Crippen molar-refractivity contribution in [1.29, 1.82) is 0 Å². The molecule has 23 heteroatoms. The largest absolute Gasteiger partial charge is 0.323 e. The molecule has 6 rings (SSSR count). The van der Waals surface area contributed by atoms with Gasteiger partial charge in [0.25, 0.3) is 40.5 Å². The van der Waals surface area contributed by atoms with Gasteiger partial charge in [0.05, 0.1) is 22.7 Å². The van der Waals surface area contributed by atoms with Gasteiger partial charge >= 0.3 is 6.03 Å². The number of hydrogen-bond acceptors (Lipinski definition) is 13. The minimum atomic E-state index is -4.86. The molecule has 0 aliphatic rings. The molecule has 19 nitrogen and oxygen atoms in total. The molecule has 0 bridgehead atoms. The summed E-state index contributed by atoms with van der Waals surface area (Å²) in [6, 6.07) is 19.6. The Morgan fingerprint density at radius 2 is 0.776 bits per heavy atom. The van der Waals surface area contributed by atoms with E-state index in [9.17, 15) is 56.7 Å². The monoisotopic (exact) mass is 868 g/mol. The average molecular weight is 869 g/mol. The van der Waals surface area contributed by atoms with Gasteiger partial charge in [-0.25, -0.2) is 4.79 Å². The van der Waals surface area contributed by atoms with E-state index in [2.05, 4.69) is 31.1 Å². The number of carbonyl (C=O) groups excluding carboxylic acids is 1. The first-order valence-corrected chi connectivity index (χ1v) is 21.9. The summed E-state index contributed by atoms with van der Waals surface area (Å²) in [6.07, 6.45) is 0. The number of fused-ring (bicyclic) bond motifs is 2. The zero-order valence-electron chi connectivity index (χ0n) is 29.6. The van der Waals surface area contributed by atoms with Gasteiger partial charge in [0.2, 0.25) is 0 Å². The van der Waals surface area contributed by atoms with Crippen LogP contribution in [0.2, 0.25) is 0 Å². The summed E-state index contributed by atoms with van der Waals surface area (Å²) >= 11 is 0. The van der Waals surface area contributed by atoms with Gasteiger partial charge < -0.3 is 10.6 Å². The van der Waals surface area contributed by atoms with Crippen molar-refractivity contribution in [3.63, 3.8) is 0 Å². The maximum absolute atomic E-state index is 12.9. The Bertz CT molecular complexity index is 3010. The second-order valence-electron chi connectivity index (χ2n) is 12.4. The Kier molecular flexibility index (Phi) is 11.0. The molecular weight excluding hydrogens is 841 g/mol. The summed E-state index contributed by atoms with van der Waals surface area (Å²) in [5.41, 5.74) is 1.98. The van der Waals surface area contributed by atoms with E-state index in [1.807, 2.05) is 0 Å². The molecule has 0 spiro atoms. The van der Waals surface area contributed by atoms with Crippen LogP contribution < -0.4 is 10.6 Å². The normalized spacial score (nSPS) is 12.8. The maximum Gasteiger partial charge on any atom is 0.323 e. The molecule has 0 aromatic heterocycles. The van der Waals surface area contributed by atoms with Crippen LogP contribution in [0.25, 0.3) is 21.5 Å². The maximum atomic E-state index is 12.9. The molecular formula is C35H28N6O13S4. The molecule has 0 saturated carbocycles. The minimum Gasteiger partial charge on any atom is -0.308 e. The number of amides is 2. The zero-order valence-corrected chi connectivity index (χ0v) is 32.9. The molecule has 58 heavy (non-hydrogen) atoms. The van der Waals surface area contributed by atoms with Crippen LogP contribution in [0.1, 0.15) is 11.1 Å². The van der Waals surface area contributed by atoms with Crippen molar-refractivity contribution in [2.24, 2.45) is 20.5 Å². The summed E-state index contributed by atoms with van der Waals surface area (Å²) in [4.78, 5) is 10.4. The highest BCUT2D eigenvalue weighted by molar-refractivity contribution is 7.87. The molecule has 6 aromatic carbocycles. The van der Waals surface area contributed by atoms with Crippen LogP contribution in [0.4, 0.5) is 38.9 Å². The molecule has 6 aromatic rings. The molecule has 0 radical (unpaired) electrons.